The quantitative estimate of drug-likeness (QED) is 0.519. The lowest BCUT2D eigenvalue weighted by Gasteiger charge is -2.27. The number of amides is 1. The van der Waals surface area contributed by atoms with Crippen LogP contribution in [-0.2, 0) is 11.3 Å². The van der Waals surface area contributed by atoms with E-state index in [1.807, 2.05) is 6.07 Å². The number of carbonyl (C=O) groups is 1. The number of anilines is 2. The monoisotopic (exact) mass is 439 g/mol. The van der Waals surface area contributed by atoms with E-state index in [0.29, 0.717) is 47.6 Å². The number of hydrogen-bond acceptors (Lipinski definition) is 7. The van der Waals surface area contributed by atoms with Gasteiger partial charge in [-0.05, 0) is 36.2 Å². The lowest BCUT2D eigenvalue weighted by Crippen LogP contribution is -2.36. The van der Waals surface area contributed by atoms with Crippen molar-refractivity contribution in [2.24, 2.45) is 0 Å². The first-order valence-electron chi connectivity index (χ1n) is 10.6. The molecule has 3 aromatic rings. The number of aliphatic hydroxyl groups excluding tert-OH is 1. The van der Waals surface area contributed by atoms with Crippen molar-refractivity contribution in [1.82, 2.24) is 15.3 Å². The summed E-state index contributed by atoms with van der Waals surface area (Å²) < 4.78 is 19.4. The highest BCUT2D eigenvalue weighted by Gasteiger charge is 2.17. The van der Waals surface area contributed by atoms with Gasteiger partial charge in [0.1, 0.15) is 17.2 Å². The van der Waals surface area contributed by atoms with E-state index in [9.17, 15) is 9.18 Å². The van der Waals surface area contributed by atoms with Gasteiger partial charge in [0.2, 0.25) is 0 Å². The minimum Gasteiger partial charge on any atom is -0.395 e. The minimum atomic E-state index is -0.315. The first-order valence-corrected chi connectivity index (χ1v) is 10.6. The van der Waals surface area contributed by atoms with Gasteiger partial charge >= 0.3 is 0 Å². The second-order valence-corrected chi connectivity index (χ2v) is 7.58. The topological polar surface area (TPSA) is 99.6 Å². The van der Waals surface area contributed by atoms with Gasteiger partial charge < -0.3 is 25.4 Å². The van der Waals surface area contributed by atoms with E-state index in [-0.39, 0.29) is 24.9 Å². The number of fused-ring (bicyclic) bond motifs is 1. The first-order chi connectivity index (χ1) is 15.6. The van der Waals surface area contributed by atoms with Crippen molar-refractivity contribution in [2.75, 3.05) is 49.7 Å². The zero-order valence-corrected chi connectivity index (χ0v) is 17.9. The van der Waals surface area contributed by atoms with Crippen molar-refractivity contribution in [2.45, 2.75) is 13.5 Å². The van der Waals surface area contributed by atoms with Crippen LogP contribution in [0.25, 0.3) is 11.0 Å². The van der Waals surface area contributed by atoms with Gasteiger partial charge in [-0.3, -0.25) is 9.78 Å². The molecule has 0 aliphatic carbocycles. The van der Waals surface area contributed by atoms with Gasteiger partial charge in [0, 0.05) is 31.7 Å². The Morgan fingerprint density at radius 2 is 2.09 bits per heavy atom. The summed E-state index contributed by atoms with van der Waals surface area (Å²) in [6, 6.07) is 8.35. The van der Waals surface area contributed by atoms with Crippen molar-refractivity contribution in [1.29, 1.82) is 0 Å². The fraction of sp³-hybridized carbons (Fsp3) is 0.348. The summed E-state index contributed by atoms with van der Waals surface area (Å²) in [5.74, 6) is 0.161. The minimum absolute atomic E-state index is 0.147. The maximum Gasteiger partial charge on any atom is 0.251 e. The highest BCUT2D eigenvalue weighted by Crippen LogP contribution is 2.26. The third-order valence-electron chi connectivity index (χ3n) is 5.48. The summed E-state index contributed by atoms with van der Waals surface area (Å²) in [5, 5.41) is 15.0. The SMILES string of the molecule is Cc1c(F)cccc1CNc1cc(C(=O)NCCO)cc2ncc(N3CCOCC3)nc12. The molecule has 1 fully saturated rings. The molecule has 2 heterocycles. The van der Waals surface area contributed by atoms with Crippen LogP contribution < -0.4 is 15.5 Å². The van der Waals surface area contributed by atoms with E-state index in [2.05, 4.69) is 20.5 Å². The Hall–Kier alpha value is -3.30. The maximum atomic E-state index is 14.0. The second-order valence-electron chi connectivity index (χ2n) is 7.58. The molecule has 0 bridgehead atoms. The van der Waals surface area contributed by atoms with E-state index in [4.69, 9.17) is 14.8 Å². The largest absolute Gasteiger partial charge is 0.395 e. The summed E-state index contributed by atoms with van der Waals surface area (Å²) in [6.45, 7) is 4.83. The molecule has 9 heteroatoms. The molecule has 0 spiro atoms. The number of benzene rings is 2. The number of rotatable bonds is 7. The second kappa shape index (κ2) is 9.88. The Kier molecular flexibility index (Phi) is 6.77. The zero-order chi connectivity index (χ0) is 22.5. The molecule has 3 N–H and O–H groups in total. The fourth-order valence-corrected chi connectivity index (χ4v) is 3.62. The van der Waals surface area contributed by atoms with Crippen molar-refractivity contribution < 1.29 is 19.0 Å². The number of hydrogen-bond donors (Lipinski definition) is 3. The molecule has 0 radical (unpaired) electrons. The molecule has 1 aromatic heterocycles. The van der Waals surface area contributed by atoms with Crippen LogP contribution >= 0.6 is 0 Å². The van der Waals surface area contributed by atoms with Crippen LogP contribution in [0.5, 0.6) is 0 Å². The summed E-state index contributed by atoms with van der Waals surface area (Å²) in [7, 11) is 0. The van der Waals surface area contributed by atoms with Crippen LogP contribution in [0.15, 0.2) is 36.5 Å². The summed E-state index contributed by atoms with van der Waals surface area (Å²) in [6.07, 6.45) is 1.70. The predicted molar refractivity (Wildman–Crippen MR) is 120 cm³/mol. The molecule has 1 amide bonds. The highest BCUT2D eigenvalue weighted by atomic mass is 19.1. The van der Waals surface area contributed by atoms with E-state index < -0.39 is 0 Å². The lowest BCUT2D eigenvalue weighted by molar-refractivity contribution is 0.0945. The van der Waals surface area contributed by atoms with E-state index in [0.717, 1.165) is 24.5 Å². The van der Waals surface area contributed by atoms with Gasteiger partial charge in [-0.15, -0.1) is 0 Å². The number of ether oxygens (including phenoxy) is 1. The molecule has 1 aliphatic heterocycles. The number of carbonyl (C=O) groups excluding carboxylic acids is 1. The summed E-state index contributed by atoms with van der Waals surface area (Å²) in [5.41, 5.74) is 3.60. The molecule has 4 rings (SSSR count). The third-order valence-corrected chi connectivity index (χ3v) is 5.48. The Labute approximate surface area is 185 Å². The molecule has 1 aliphatic rings. The molecule has 1 saturated heterocycles. The van der Waals surface area contributed by atoms with E-state index in [1.165, 1.54) is 6.07 Å². The predicted octanol–water partition coefficient (Wildman–Crippen LogP) is 2.25. The summed E-state index contributed by atoms with van der Waals surface area (Å²) >= 11 is 0. The highest BCUT2D eigenvalue weighted by molar-refractivity contribution is 6.01. The Morgan fingerprint density at radius 1 is 1.28 bits per heavy atom. The van der Waals surface area contributed by atoms with Crippen LogP contribution in [0.2, 0.25) is 0 Å². The summed E-state index contributed by atoms with van der Waals surface area (Å²) in [4.78, 5) is 24.0. The molecule has 2 aromatic carbocycles. The van der Waals surface area contributed by atoms with Gasteiger partial charge in [-0.25, -0.2) is 9.37 Å². The molecule has 0 unspecified atom stereocenters. The Balaban J connectivity index is 1.70. The number of nitrogens with one attached hydrogen (secondary N) is 2. The van der Waals surface area contributed by atoms with Gasteiger partial charge in [0.25, 0.3) is 5.91 Å². The van der Waals surface area contributed by atoms with Crippen molar-refractivity contribution in [3.8, 4) is 0 Å². The number of nitrogens with zero attached hydrogens (tertiary/aromatic N) is 3. The van der Waals surface area contributed by atoms with Crippen LogP contribution in [0.1, 0.15) is 21.5 Å². The average Bonchev–Trinajstić information content (AvgIpc) is 2.83. The Bertz CT molecular complexity index is 1120. The average molecular weight is 439 g/mol. The molecular weight excluding hydrogens is 413 g/mol. The maximum absolute atomic E-state index is 14.0. The Morgan fingerprint density at radius 3 is 2.88 bits per heavy atom. The fourth-order valence-electron chi connectivity index (χ4n) is 3.62. The zero-order valence-electron chi connectivity index (χ0n) is 17.9. The first kappa shape index (κ1) is 21.9. The van der Waals surface area contributed by atoms with Gasteiger partial charge in [-0.2, -0.15) is 0 Å². The molecule has 32 heavy (non-hydrogen) atoms. The third kappa shape index (κ3) is 4.79. The number of morpholine rings is 1. The number of aliphatic hydroxyl groups is 1. The van der Waals surface area contributed by atoms with Gasteiger partial charge in [0.05, 0.1) is 37.2 Å². The normalized spacial score (nSPS) is 13.9. The molecule has 0 atom stereocenters. The van der Waals surface area contributed by atoms with Crippen LogP contribution in [0.4, 0.5) is 15.9 Å². The van der Waals surface area contributed by atoms with Crippen LogP contribution in [-0.4, -0.2) is 60.4 Å². The van der Waals surface area contributed by atoms with E-state index in [1.54, 1.807) is 31.3 Å². The van der Waals surface area contributed by atoms with Crippen LogP contribution in [0, 0.1) is 12.7 Å². The lowest BCUT2D eigenvalue weighted by atomic mass is 10.1. The standard InChI is InChI=1S/C23H26FN5O3/c1-15-16(3-2-4-18(15)24)13-26-19-11-17(23(31)25-5-8-30)12-20-22(19)28-21(14-27-20)29-6-9-32-10-7-29/h2-4,11-12,14,26,30H,5-10,13H2,1H3,(H,25,31). The van der Waals surface area contributed by atoms with Crippen molar-refractivity contribution in [3.63, 3.8) is 0 Å². The molecule has 168 valence electrons. The van der Waals surface area contributed by atoms with E-state index >= 15 is 0 Å². The van der Waals surface area contributed by atoms with Crippen molar-refractivity contribution in [3.05, 3.63) is 59.0 Å². The molecular formula is C23H26FN5O3. The number of aromatic nitrogens is 2. The molecule has 8 nitrogen and oxygen atoms in total. The smallest absolute Gasteiger partial charge is 0.251 e. The van der Waals surface area contributed by atoms with Gasteiger partial charge in [-0.1, -0.05) is 12.1 Å². The van der Waals surface area contributed by atoms with Crippen molar-refractivity contribution >= 4 is 28.4 Å². The van der Waals surface area contributed by atoms with Crippen LogP contribution in [0.3, 0.4) is 0 Å². The van der Waals surface area contributed by atoms with Gasteiger partial charge in [0.15, 0.2) is 0 Å². The number of halogens is 1. The molecule has 0 saturated carbocycles.